The smallest absolute Gasteiger partial charge is 0.174 e. The molecule has 0 radical (unpaired) electrons. The van der Waals surface area contributed by atoms with Crippen LogP contribution in [0, 0.1) is 17.3 Å². The monoisotopic (exact) mass is 410 g/mol. The SMILES string of the molecule is CCCCOC/C=C/c1ccc2c(c1)CC[C@@H]1[C@@H]2CC[C@@]2(C)[C@H]1CCC21OCCO1. The first-order valence-corrected chi connectivity index (χ1v) is 12.3. The number of unbranched alkanes of at least 4 members (excludes halogenated alkanes) is 1. The van der Waals surface area contributed by atoms with E-state index in [2.05, 4.69) is 44.2 Å². The molecule has 164 valence electrons. The van der Waals surface area contributed by atoms with Crippen molar-refractivity contribution >= 4 is 6.08 Å². The molecular weight excluding hydrogens is 372 g/mol. The summed E-state index contributed by atoms with van der Waals surface area (Å²) < 4.78 is 18.2. The van der Waals surface area contributed by atoms with Crippen LogP contribution in [0.5, 0.6) is 0 Å². The number of aryl methyl sites for hydroxylation is 1. The van der Waals surface area contributed by atoms with Crippen LogP contribution < -0.4 is 0 Å². The van der Waals surface area contributed by atoms with Gasteiger partial charge in [0.2, 0.25) is 0 Å². The molecule has 1 aromatic rings. The highest BCUT2D eigenvalue weighted by Gasteiger charge is 2.64. The first kappa shape index (κ1) is 20.7. The molecule has 3 aliphatic carbocycles. The van der Waals surface area contributed by atoms with Gasteiger partial charge in [0.15, 0.2) is 5.79 Å². The fourth-order valence-electron chi connectivity index (χ4n) is 7.17. The van der Waals surface area contributed by atoms with E-state index in [9.17, 15) is 0 Å². The fourth-order valence-corrected chi connectivity index (χ4v) is 7.17. The Bertz CT molecular complexity index is 778. The van der Waals surface area contributed by atoms with E-state index in [-0.39, 0.29) is 11.2 Å². The highest BCUT2D eigenvalue weighted by molar-refractivity contribution is 5.53. The summed E-state index contributed by atoms with van der Waals surface area (Å²) in [5.41, 5.74) is 4.72. The molecule has 2 saturated carbocycles. The topological polar surface area (TPSA) is 27.7 Å². The maximum atomic E-state index is 6.27. The van der Waals surface area contributed by atoms with E-state index >= 15 is 0 Å². The molecule has 0 bridgehead atoms. The van der Waals surface area contributed by atoms with Crippen LogP contribution in [0.2, 0.25) is 0 Å². The molecule has 0 amide bonds. The first-order valence-electron chi connectivity index (χ1n) is 12.3. The maximum absolute atomic E-state index is 6.27. The third kappa shape index (κ3) is 3.38. The molecule has 3 heteroatoms. The Hall–Kier alpha value is -1.16. The summed E-state index contributed by atoms with van der Waals surface area (Å²) in [6.07, 6.45) is 14.1. The van der Waals surface area contributed by atoms with Crippen LogP contribution in [0.15, 0.2) is 24.3 Å². The van der Waals surface area contributed by atoms with Crippen molar-refractivity contribution in [2.45, 2.75) is 76.9 Å². The van der Waals surface area contributed by atoms with E-state index in [1.807, 2.05) is 0 Å². The summed E-state index contributed by atoms with van der Waals surface area (Å²) in [5.74, 6) is 1.97. The zero-order valence-corrected chi connectivity index (χ0v) is 18.8. The number of benzene rings is 1. The van der Waals surface area contributed by atoms with Crippen LogP contribution in [0.25, 0.3) is 6.08 Å². The third-order valence-electron chi connectivity index (χ3n) is 8.72. The zero-order valence-electron chi connectivity index (χ0n) is 18.8. The van der Waals surface area contributed by atoms with Crippen LogP contribution in [-0.4, -0.2) is 32.2 Å². The minimum atomic E-state index is -0.281. The van der Waals surface area contributed by atoms with Gasteiger partial charge in [-0.2, -0.15) is 0 Å². The lowest BCUT2D eigenvalue weighted by molar-refractivity contribution is -0.237. The molecule has 1 heterocycles. The van der Waals surface area contributed by atoms with Gasteiger partial charge in [0.25, 0.3) is 0 Å². The second kappa shape index (κ2) is 8.41. The Morgan fingerprint density at radius 2 is 2.00 bits per heavy atom. The lowest BCUT2D eigenvalue weighted by Crippen LogP contribution is -2.51. The standard InChI is InChI=1S/C27H38O3/c1-3-4-15-28-16-5-6-20-7-9-22-21(19-20)8-10-24-23(22)11-13-26(2)25(24)12-14-27(26)29-17-18-30-27/h5-7,9,19,23-25H,3-4,8,10-18H2,1-2H3/b6-5+/t23-,24-,25+,26+/m1/s1. The molecule has 4 atom stereocenters. The Kier molecular flexibility index (Phi) is 5.81. The van der Waals surface area contributed by atoms with Crippen molar-refractivity contribution < 1.29 is 14.2 Å². The third-order valence-corrected chi connectivity index (χ3v) is 8.72. The first-order chi connectivity index (χ1) is 14.7. The molecule has 3 fully saturated rings. The molecule has 1 aromatic carbocycles. The quantitative estimate of drug-likeness (QED) is 0.529. The van der Waals surface area contributed by atoms with Crippen molar-refractivity contribution in [1.82, 2.24) is 0 Å². The van der Waals surface area contributed by atoms with Gasteiger partial charge in [0.05, 0.1) is 19.8 Å². The minimum Gasteiger partial charge on any atom is -0.377 e. The zero-order chi connectivity index (χ0) is 20.6. The molecule has 0 aromatic heterocycles. The van der Waals surface area contributed by atoms with Crippen molar-refractivity contribution in [2.24, 2.45) is 17.3 Å². The molecular formula is C27H38O3. The van der Waals surface area contributed by atoms with Gasteiger partial charge in [0.1, 0.15) is 0 Å². The van der Waals surface area contributed by atoms with Crippen LogP contribution in [-0.2, 0) is 20.6 Å². The lowest BCUT2D eigenvalue weighted by atomic mass is 9.55. The number of hydrogen-bond donors (Lipinski definition) is 0. The van der Waals surface area contributed by atoms with Crippen LogP contribution in [0.1, 0.15) is 81.4 Å². The van der Waals surface area contributed by atoms with E-state index in [1.54, 1.807) is 11.1 Å². The number of fused-ring (bicyclic) bond motifs is 6. The number of ether oxygens (including phenoxy) is 3. The molecule has 3 nitrogen and oxygen atoms in total. The Labute approximate surface area is 182 Å². The molecule has 0 N–H and O–H groups in total. The Morgan fingerprint density at radius 3 is 2.83 bits per heavy atom. The van der Waals surface area contributed by atoms with Gasteiger partial charge < -0.3 is 14.2 Å². The molecule has 1 spiro atoms. The summed E-state index contributed by atoms with van der Waals surface area (Å²) in [6.45, 7) is 7.81. The second-order valence-corrected chi connectivity index (χ2v) is 10.1. The summed E-state index contributed by atoms with van der Waals surface area (Å²) >= 11 is 0. The van der Waals surface area contributed by atoms with Gasteiger partial charge >= 0.3 is 0 Å². The van der Waals surface area contributed by atoms with Gasteiger partial charge in [-0.15, -0.1) is 0 Å². The minimum absolute atomic E-state index is 0.197. The van der Waals surface area contributed by atoms with Gasteiger partial charge in [-0.25, -0.2) is 0 Å². The van der Waals surface area contributed by atoms with Crippen LogP contribution in [0.3, 0.4) is 0 Å². The number of rotatable bonds is 6. The van der Waals surface area contributed by atoms with E-state index in [0.29, 0.717) is 6.61 Å². The largest absolute Gasteiger partial charge is 0.377 e. The Balaban J connectivity index is 1.29. The van der Waals surface area contributed by atoms with Crippen molar-refractivity contribution in [3.05, 3.63) is 41.0 Å². The van der Waals surface area contributed by atoms with Gasteiger partial charge in [0, 0.05) is 18.4 Å². The van der Waals surface area contributed by atoms with Crippen molar-refractivity contribution in [2.75, 3.05) is 26.4 Å². The maximum Gasteiger partial charge on any atom is 0.174 e. The van der Waals surface area contributed by atoms with E-state index in [4.69, 9.17) is 14.2 Å². The average molecular weight is 411 g/mol. The van der Waals surface area contributed by atoms with Crippen LogP contribution >= 0.6 is 0 Å². The molecule has 0 unspecified atom stereocenters. The van der Waals surface area contributed by atoms with E-state index < -0.39 is 0 Å². The molecule has 4 aliphatic rings. The highest BCUT2D eigenvalue weighted by atomic mass is 16.7. The molecule has 5 rings (SSSR count). The van der Waals surface area contributed by atoms with Crippen molar-refractivity contribution in [1.29, 1.82) is 0 Å². The van der Waals surface area contributed by atoms with Gasteiger partial charge in [-0.1, -0.05) is 50.6 Å². The van der Waals surface area contributed by atoms with E-state index in [1.165, 1.54) is 44.1 Å². The molecule has 1 saturated heterocycles. The summed E-state index contributed by atoms with van der Waals surface area (Å²) in [7, 11) is 0. The Morgan fingerprint density at radius 1 is 1.13 bits per heavy atom. The predicted molar refractivity (Wildman–Crippen MR) is 120 cm³/mol. The summed E-state index contributed by atoms with van der Waals surface area (Å²) in [4.78, 5) is 0. The normalized spacial score (nSPS) is 34.3. The lowest BCUT2D eigenvalue weighted by Gasteiger charge is -2.52. The van der Waals surface area contributed by atoms with E-state index in [0.717, 1.165) is 50.4 Å². The summed E-state index contributed by atoms with van der Waals surface area (Å²) in [5, 5.41) is 0. The fraction of sp³-hybridized carbons (Fsp3) is 0.704. The average Bonchev–Trinajstić information content (AvgIpc) is 3.36. The van der Waals surface area contributed by atoms with Crippen molar-refractivity contribution in [3.8, 4) is 0 Å². The summed E-state index contributed by atoms with van der Waals surface area (Å²) in [6, 6.07) is 7.18. The van der Waals surface area contributed by atoms with Crippen molar-refractivity contribution in [3.63, 3.8) is 0 Å². The van der Waals surface area contributed by atoms with Crippen LogP contribution in [0.4, 0.5) is 0 Å². The number of hydrogen-bond acceptors (Lipinski definition) is 3. The predicted octanol–water partition coefficient (Wildman–Crippen LogP) is 6.12. The van der Waals surface area contributed by atoms with Gasteiger partial charge in [-0.3, -0.25) is 0 Å². The van der Waals surface area contributed by atoms with Gasteiger partial charge in [-0.05, 0) is 73.0 Å². The second-order valence-electron chi connectivity index (χ2n) is 10.1. The highest BCUT2D eigenvalue weighted by Crippen LogP contribution is 2.66. The molecule has 30 heavy (non-hydrogen) atoms. The molecule has 1 aliphatic heterocycles.